The molecule has 1 saturated carbocycles. The van der Waals surface area contributed by atoms with Crippen LogP contribution in [0.5, 0.6) is 6.01 Å². The van der Waals surface area contributed by atoms with Crippen molar-refractivity contribution in [2.24, 2.45) is 13.0 Å². The van der Waals surface area contributed by atoms with Crippen molar-refractivity contribution in [3.63, 3.8) is 0 Å². The van der Waals surface area contributed by atoms with Crippen LogP contribution in [0.3, 0.4) is 0 Å². The van der Waals surface area contributed by atoms with Gasteiger partial charge >= 0.3 is 12.0 Å². The fraction of sp³-hybridized carbons (Fsp3) is 0.400. The number of nitrogens with zero attached hydrogens (tertiary/aromatic N) is 3. The van der Waals surface area contributed by atoms with Crippen molar-refractivity contribution in [1.82, 2.24) is 14.8 Å². The minimum atomic E-state index is -0.754. The summed E-state index contributed by atoms with van der Waals surface area (Å²) in [4.78, 5) is 15.5. The average Bonchev–Trinajstić information content (AvgIpc) is 3.26. The summed E-state index contributed by atoms with van der Waals surface area (Å²) in [5.41, 5.74) is 0.0903. The van der Waals surface area contributed by atoms with E-state index in [0.29, 0.717) is 12.5 Å². The Balaban J connectivity index is 1.64. The number of esters is 1. The normalized spacial score (nSPS) is 13.9. The second kappa shape index (κ2) is 6.31. The second-order valence-electron chi connectivity index (χ2n) is 5.38. The van der Waals surface area contributed by atoms with Gasteiger partial charge < -0.3 is 9.47 Å². The summed E-state index contributed by atoms with van der Waals surface area (Å²) in [5.74, 6) is -1.29. The highest BCUT2D eigenvalue weighted by molar-refractivity contribution is 5.71. The van der Waals surface area contributed by atoms with Gasteiger partial charge in [0, 0.05) is 13.1 Å². The van der Waals surface area contributed by atoms with Gasteiger partial charge in [-0.05, 0) is 30.9 Å². The first-order chi connectivity index (χ1) is 11.0. The summed E-state index contributed by atoms with van der Waals surface area (Å²) in [6.07, 6.45) is 2.17. The lowest BCUT2D eigenvalue weighted by Crippen LogP contribution is -2.16. The zero-order valence-corrected chi connectivity index (χ0v) is 12.5. The summed E-state index contributed by atoms with van der Waals surface area (Å²) >= 11 is 0. The van der Waals surface area contributed by atoms with Gasteiger partial charge in [-0.15, -0.1) is 5.10 Å². The third-order valence-electron chi connectivity index (χ3n) is 3.41. The highest BCUT2D eigenvalue weighted by atomic mass is 19.1. The molecule has 1 aliphatic rings. The van der Waals surface area contributed by atoms with E-state index in [1.54, 1.807) is 7.05 Å². The topological polar surface area (TPSA) is 66.2 Å². The van der Waals surface area contributed by atoms with E-state index in [1.807, 2.05) is 0 Å². The van der Waals surface area contributed by atoms with Gasteiger partial charge in [-0.2, -0.15) is 4.98 Å². The molecule has 0 N–H and O–H groups in total. The fourth-order valence-corrected chi connectivity index (χ4v) is 1.99. The third kappa shape index (κ3) is 3.82. The van der Waals surface area contributed by atoms with Crippen LogP contribution >= 0.6 is 0 Å². The summed E-state index contributed by atoms with van der Waals surface area (Å²) in [6.45, 7) is 0.0892. The molecule has 0 amide bonds. The van der Waals surface area contributed by atoms with Crippen LogP contribution in [-0.2, 0) is 16.6 Å². The minimum Gasteiger partial charge on any atom is -0.463 e. The summed E-state index contributed by atoms with van der Waals surface area (Å²) in [6, 6.07) is 3.08. The van der Waals surface area contributed by atoms with Gasteiger partial charge in [-0.25, -0.2) is 18.3 Å². The second-order valence-corrected chi connectivity index (χ2v) is 5.38. The first kappa shape index (κ1) is 15.4. The predicted octanol–water partition coefficient (Wildman–Crippen LogP) is 2.09. The number of ether oxygens (including phenoxy) is 2. The summed E-state index contributed by atoms with van der Waals surface area (Å²) in [7, 11) is 1.55. The van der Waals surface area contributed by atoms with E-state index in [2.05, 4.69) is 10.1 Å². The molecule has 8 heteroatoms. The first-order valence-corrected chi connectivity index (χ1v) is 7.18. The van der Waals surface area contributed by atoms with E-state index in [0.717, 1.165) is 25.0 Å². The van der Waals surface area contributed by atoms with Crippen LogP contribution in [0.15, 0.2) is 18.2 Å². The smallest absolute Gasteiger partial charge is 0.344 e. The van der Waals surface area contributed by atoms with E-state index >= 15 is 0 Å². The lowest BCUT2D eigenvalue weighted by Gasteiger charge is -2.03. The zero-order valence-electron chi connectivity index (χ0n) is 12.5. The molecule has 1 aliphatic carbocycles. The SMILES string of the molecule is Cn1nc(OCC(=O)OCC2CC2)nc1-c1ccc(F)cc1F. The Bertz CT molecular complexity index is 729. The molecular weight excluding hydrogens is 308 g/mol. The zero-order chi connectivity index (χ0) is 16.4. The van der Waals surface area contributed by atoms with Crippen molar-refractivity contribution in [3.8, 4) is 17.4 Å². The predicted molar refractivity (Wildman–Crippen MR) is 75.5 cm³/mol. The third-order valence-corrected chi connectivity index (χ3v) is 3.41. The maximum Gasteiger partial charge on any atom is 0.344 e. The average molecular weight is 323 g/mol. The van der Waals surface area contributed by atoms with Crippen LogP contribution in [-0.4, -0.2) is 33.9 Å². The maximum absolute atomic E-state index is 13.8. The molecule has 1 aromatic heterocycles. The molecule has 1 heterocycles. The van der Waals surface area contributed by atoms with Crippen LogP contribution in [0, 0.1) is 17.6 Å². The Kier molecular flexibility index (Phi) is 4.22. The van der Waals surface area contributed by atoms with E-state index in [4.69, 9.17) is 9.47 Å². The number of aryl methyl sites for hydroxylation is 1. The minimum absolute atomic E-state index is 0.0744. The molecule has 6 nitrogen and oxygen atoms in total. The maximum atomic E-state index is 13.8. The number of halogens is 2. The number of benzene rings is 1. The molecule has 0 saturated heterocycles. The van der Waals surface area contributed by atoms with E-state index in [1.165, 1.54) is 10.7 Å². The van der Waals surface area contributed by atoms with Crippen molar-refractivity contribution in [3.05, 3.63) is 29.8 Å². The van der Waals surface area contributed by atoms with Gasteiger partial charge in [0.2, 0.25) is 0 Å². The van der Waals surface area contributed by atoms with Gasteiger partial charge in [0.25, 0.3) is 0 Å². The van der Waals surface area contributed by atoms with Crippen molar-refractivity contribution in [2.75, 3.05) is 13.2 Å². The summed E-state index contributed by atoms with van der Waals surface area (Å²) in [5, 5.41) is 3.95. The van der Waals surface area contributed by atoms with Gasteiger partial charge in [-0.3, -0.25) is 0 Å². The molecule has 0 radical (unpaired) electrons. The van der Waals surface area contributed by atoms with E-state index in [-0.39, 0.29) is 24.0 Å². The molecule has 0 unspecified atom stereocenters. The Morgan fingerprint density at radius 1 is 1.39 bits per heavy atom. The van der Waals surface area contributed by atoms with E-state index in [9.17, 15) is 13.6 Å². The van der Waals surface area contributed by atoms with Crippen molar-refractivity contribution >= 4 is 5.97 Å². The van der Waals surface area contributed by atoms with Gasteiger partial charge in [0.15, 0.2) is 12.4 Å². The van der Waals surface area contributed by atoms with Gasteiger partial charge in [0.1, 0.15) is 11.6 Å². The van der Waals surface area contributed by atoms with Crippen LogP contribution < -0.4 is 4.74 Å². The van der Waals surface area contributed by atoms with Crippen LogP contribution in [0.4, 0.5) is 8.78 Å². The lowest BCUT2D eigenvalue weighted by molar-refractivity contribution is -0.146. The van der Waals surface area contributed by atoms with Crippen molar-refractivity contribution < 1.29 is 23.0 Å². The largest absolute Gasteiger partial charge is 0.463 e. The first-order valence-electron chi connectivity index (χ1n) is 7.18. The quantitative estimate of drug-likeness (QED) is 0.762. The highest BCUT2D eigenvalue weighted by Gasteiger charge is 2.23. The number of hydrogen-bond acceptors (Lipinski definition) is 5. The van der Waals surface area contributed by atoms with Crippen molar-refractivity contribution in [1.29, 1.82) is 0 Å². The molecule has 1 aromatic carbocycles. The van der Waals surface area contributed by atoms with Gasteiger partial charge in [0.05, 0.1) is 12.2 Å². The molecule has 0 aliphatic heterocycles. The Labute approximate surface area is 131 Å². The van der Waals surface area contributed by atoms with Crippen LogP contribution in [0.25, 0.3) is 11.4 Å². The molecule has 0 atom stereocenters. The van der Waals surface area contributed by atoms with Crippen LogP contribution in [0.1, 0.15) is 12.8 Å². The molecule has 122 valence electrons. The number of rotatable bonds is 6. The summed E-state index contributed by atoms with van der Waals surface area (Å²) < 4.78 is 38.2. The molecule has 23 heavy (non-hydrogen) atoms. The van der Waals surface area contributed by atoms with Crippen molar-refractivity contribution in [2.45, 2.75) is 12.8 Å². The monoisotopic (exact) mass is 323 g/mol. The number of hydrogen-bond donors (Lipinski definition) is 0. The van der Waals surface area contributed by atoms with Gasteiger partial charge in [-0.1, -0.05) is 0 Å². The highest BCUT2D eigenvalue weighted by Crippen LogP contribution is 2.28. The Morgan fingerprint density at radius 3 is 2.87 bits per heavy atom. The number of aromatic nitrogens is 3. The molecule has 3 rings (SSSR count). The molecule has 1 fully saturated rings. The molecular formula is C15H15F2N3O3. The van der Waals surface area contributed by atoms with Crippen LogP contribution in [0.2, 0.25) is 0 Å². The molecule has 0 bridgehead atoms. The lowest BCUT2D eigenvalue weighted by atomic mass is 10.2. The standard InChI is InChI=1S/C15H15F2N3O3/c1-20-14(11-5-4-10(16)6-12(11)17)18-15(19-20)23-8-13(21)22-7-9-2-3-9/h4-6,9H,2-3,7-8H2,1H3. The molecule has 2 aromatic rings. The number of carbonyl (C=O) groups excluding carboxylic acids is 1. The Morgan fingerprint density at radius 2 is 2.17 bits per heavy atom. The van der Waals surface area contributed by atoms with E-state index < -0.39 is 17.6 Å². The molecule has 0 spiro atoms. The Hall–Kier alpha value is -2.51. The fourth-order valence-electron chi connectivity index (χ4n) is 1.99. The number of carbonyl (C=O) groups is 1.